The molecule has 1 fully saturated rings. The standard InChI is InChI=1S/C14H19ClN2O2S/c1-17(2)14(18)12-4-3-10(15)9-13(12)16-11-5-7-20(19)8-6-11/h3-4,9,11,16H,5-8H2,1-2H3. The van der Waals surface area contributed by atoms with Crippen molar-refractivity contribution in [1.82, 2.24) is 4.90 Å². The van der Waals surface area contributed by atoms with Crippen LogP contribution >= 0.6 is 11.6 Å². The molecule has 0 bridgehead atoms. The van der Waals surface area contributed by atoms with Gasteiger partial charge in [-0.3, -0.25) is 9.00 Å². The van der Waals surface area contributed by atoms with Crippen LogP contribution in [0.2, 0.25) is 5.02 Å². The molecule has 0 spiro atoms. The first-order valence-electron chi connectivity index (χ1n) is 6.60. The third kappa shape index (κ3) is 3.73. The van der Waals surface area contributed by atoms with E-state index in [9.17, 15) is 9.00 Å². The molecular formula is C14H19ClN2O2S. The molecule has 1 amide bonds. The van der Waals surface area contributed by atoms with Crippen LogP contribution in [0, 0.1) is 0 Å². The second-order valence-electron chi connectivity index (χ2n) is 5.16. The quantitative estimate of drug-likeness (QED) is 0.932. The molecule has 1 saturated heterocycles. The van der Waals surface area contributed by atoms with Gasteiger partial charge in [-0.15, -0.1) is 0 Å². The van der Waals surface area contributed by atoms with Crippen LogP contribution in [0.25, 0.3) is 0 Å². The number of rotatable bonds is 3. The number of carbonyl (C=O) groups is 1. The monoisotopic (exact) mass is 314 g/mol. The first-order valence-corrected chi connectivity index (χ1v) is 8.46. The third-order valence-corrected chi connectivity index (χ3v) is 4.98. The fourth-order valence-corrected chi connectivity index (χ4v) is 3.69. The first-order chi connectivity index (χ1) is 9.47. The molecule has 1 aromatic carbocycles. The minimum atomic E-state index is -0.686. The van der Waals surface area contributed by atoms with Crippen LogP contribution in [0.4, 0.5) is 5.69 Å². The van der Waals surface area contributed by atoms with Gasteiger partial charge in [-0.05, 0) is 31.0 Å². The first kappa shape index (κ1) is 15.3. The maximum Gasteiger partial charge on any atom is 0.255 e. The highest BCUT2D eigenvalue weighted by atomic mass is 35.5. The predicted octanol–water partition coefficient (Wildman–Crippen LogP) is 2.36. The minimum absolute atomic E-state index is 0.0523. The van der Waals surface area contributed by atoms with E-state index in [0.29, 0.717) is 10.6 Å². The maximum atomic E-state index is 12.2. The van der Waals surface area contributed by atoms with Gasteiger partial charge in [0.15, 0.2) is 0 Å². The SMILES string of the molecule is CN(C)C(=O)c1ccc(Cl)cc1NC1CCS(=O)CC1. The second-order valence-corrected chi connectivity index (χ2v) is 7.29. The summed E-state index contributed by atoms with van der Waals surface area (Å²) in [4.78, 5) is 13.7. The molecule has 1 aromatic rings. The summed E-state index contributed by atoms with van der Waals surface area (Å²) in [5.41, 5.74) is 1.37. The Balaban J connectivity index is 2.19. The van der Waals surface area contributed by atoms with Crippen LogP contribution in [0.15, 0.2) is 18.2 Å². The molecule has 0 radical (unpaired) electrons. The molecule has 1 aliphatic rings. The lowest BCUT2D eigenvalue weighted by atomic mass is 10.1. The van der Waals surface area contributed by atoms with Gasteiger partial charge in [0, 0.05) is 53.2 Å². The molecule has 0 atom stereocenters. The third-order valence-electron chi connectivity index (χ3n) is 3.37. The van der Waals surface area contributed by atoms with Crippen molar-refractivity contribution in [3.05, 3.63) is 28.8 Å². The molecular weight excluding hydrogens is 296 g/mol. The predicted molar refractivity (Wildman–Crippen MR) is 84.0 cm³/mol. The summed E-state index contributed by atoms with van der Waals surface area (Å²) in [7, 11) is 2.77. The van der Waals surface area contributed by atoms with Gasteiger partial charge in [-0.2, -0.15) is 0 Å². The second kappa shape index (κ2) is 6.59. The van der Waals surface area contributed by atoms with Gasteiger partial charge in [0.25, 0.3) is 5.91 Å². The summed E-state index contributed by atoms with van der Waals surface area (Å²) in [5, 5.41) is 3.98. The molecule has 0 saturated carbocycles. The van der Waals surface area contributed by atoms with E-state index in [-0.39, 0.29) is 11.9 Å². The van der Waals surface area contributed by atoms with E-state index in [4.69, 9.17) is 11.6 Å². The Morgan fingerprint density at radius 3 is 2.60 bits per heavy atom. The summed E-state index contributed by atoms with van der Waals surface area (Å²) < 4.78 is 11.4. The van der Waals surface area contributed by atoms with E-state index in [0.717, 1.165) is 30.0 Å². The van der Waals surface area contributed by atoms with E-state index in [1.54, 1.807) is 37.2 Å². The Morgan fingerprint density at radius 2 is 2.00 bits per heavy atom. The Hall–Kier alpha value is -1.07. The Bertz CT molecular complexity index is 524. The highest BCUT2D eigenvalue weighted by Crippen LogP contribution is 2.25. The van der Waals surface area contributed by atoms with Gasteiger partial charge in [0.05, 0.1) is 5.56 Å². The van der Waals surface area contributed by atoms with Crippen LogP contribution in [0.1, 0.15) is 23.2 Å². The largest absolute Gasteiger partial charge is 0.382 e. The Labute approximate surface area is 126 Å². The van der Waals surface area contributed by atoms with Gasteiger partial charge in [0.2, 0.25) is 0 Å². The van der Waals surface area contributed by atoms with Gasteiger partial charge in [-0.1, -0.05) is 11.6 Å². The van der Waals surface area contributed by atoms with Crippen molar-refractivity contribution in [3.8, 4) is 0 Å². The lowest BCUT2D eigenvalue weighted by molar-refractivity contribution is 0.0828. The van der Waals surface area contributed by atoms with E-state index < -0.39 is 10.8 Å². The van der Waals surface area contributed by atoms with Crippen molar-refractivity contribution in [2.75, 3.05) is 30.9 Å². The normalized spacial score (nSPS) is 22.4. The number of hydrogen-bond acceptors (Lipinski definition) is 3. The highest BCUT2D eigenvalue weighted by molar-refractivity contribution is 7.85. The molecule has 1 heterocycles. The lowest BCUT2D eigenvalue weighted by Crippen LogP contribution is -2.31. The number of anilines is 1. The van der Waals surface area contributed by atoms with E-state index >= 15 is 0 Å². The summed E-state index contributed by atoms with van der Waals surface area (Å²) in [6, 6.07) is 5.50. The Morgan fingerprint density at radius 1 is 1.35 bits per heavy atom. The molecule has 6 heteroatoms. The molecule has 4 nitrogen and oxygen atoms in total. The van der Waals surface area contributed by atoms with E-state index in [1.807, 2.05) is 0 Å². The fraction of sp³-hybridized carbons (Fsp3) is 0.500. The highest BCUT2D eigenvalue weighted by Gasteiger charge is 2.20. The van der Waals surface area contributed by atoms with Gasteiger partial charge >= 0.3 is 0 Å². The summed E-state index contributed by atoms with van der Waals surface area (Å²) in [6.07, 6.45) is 1.71. The van der Waals surface area contributed by atoms with Gasteiger partial charge < -0.3 is 10.2 Å². The molecule has 1 N–H and O–H groups in total. The zero-order valence-electron chi connectivity index (χ0n) is 11.7. The summed E-state index contributed by atoms with van der Waals surface area (Å²) in [6.45, 7) is 0. The lowest BCUT2D eigenvalue weighted by Gasteiger charge is -2.25. The zero-order valence-corrected chi connectivity index (χ0v) is 13.3. The molecule has 20 heavy (non-hydrogen) atoms. The number of carbonyl (C=O) groups excluding carboxylic acids is 1. The maximum absolute atomic E-state index is 12.2. The van der Waals surface area contributed by atoms with Crippen LogP contribution in [-0.4, -0.2) is 46.7 Å². The Kier molecular flexibility index (Phi) is 5.05. The van der Waals surface area contributed by atoms with E-state index in [1.165, 1.54) is 0 Å². The fourth-order valence-electron chi connectivity index (χ4n) is 2.22. The van der Waals surface area contributed by atoms with Crippen LogP contribution in [-0.2, 0) is 10.8 Å². The van der Waals surface area contributed by atoms with Crippen LogP contribution < -0.4 is 5.32 Å². The van der Waals surface area contributed by atoms with Crippen LogP contribution in [0.5, 0.6) is 0 Å². The number of amides is 1. The van der Waals surface area contributed by atoms with Crippen molar-refractivity contribution in [2.24, 2.45) is 0 Å². The molecule has 0 aromatic heterocycles. The van der Waals surface area contributed by atoms with E-state index in [2.05, 4.69) is 5.32 Å². The average molecular weight is 315 g/mol. The zero-order chi connectivity index (χ0) is 14.7. The number of halogens is 1. The number of benzene rings is 1. The molecule has 0 unspecified atom stereocenters. The van der Waals surface area contributed by atoms with Crippen molar-refractivity contribution < 1.29 is 9.00 Å². The molecule has 0 aliphatic carbocycles. The van der Waals surface area contributed by atoms with Gasteiger partial charge in [0.1, 0.15) is 0 Å². The topological polar surface area (TPSA) is 49.4 Å². The van der Waals surface area contributed by atoms with Crippen molar-refractivity contribution in [2.45, 2.75) is 18.9 Å². The number of nitrogens with zero attached hydrogens (tertiary/aromatic N) is 1. The summed E-state index contributed by atoms with van der Waals surface area (Å²) in [5.74, 6) is 1.38. The minimum Gasteiger partial charge on any atom is -0.382 e. The van der Waals surface area contributed by atoms with Crippen LogP contribution in [0.3, 0.4) is 0 Å². The molecule has 110 valence electrons. The number of hydrogen-bond donors (Lipinski definition) is 1. The molecule has 2 rings (SSSR count). The van der Waals surface area contributed by atoms with Crippen molar-refractivity contribution >= 4 is 34.0 Å². The van der Waals surface area contributed by atoms with Gasteiger partial charge in [-0.25, -0.2) is 0 Å². The van der Waals surface area contributed by atoms with Crippen molar-refractivity contribution in [3.63, 3.8) is 0 Å². The number of nitrogens with one attached hydrogen (secondary N) is 1. The molecule has 1 aliphatic heterocycles. The smallest absolute Gasteiger partial charge is 0.255 e. The average Bonchev–Trinajstić information content (AvgIpc) is 2.41. The van der Waals surface area contributed by atoms with Crippen molar-refractivity contribution in [1.29, 1.82) is 0 Å². The summed E-state index contributed by atoms with van der Waals surface area (Å²) >= 11 is 6.03.